The molecule has 3 aromatic carbocycles. The SMILES string of the molecule is N#Cc1cc(S)cc(Cl)c1.Nc1cccc2ccccc12. The molecule has 0 heterocycles. The van der Waals surface area contributed by atoms with Crippen LogP contribution >= 0.6 is 24.2 Å². The van der Waals surface area contributed by atoms with Crippen molar-refractivity contribution in [2.24, 2.45) is 0 Å². The fourth-order valence-corrected chi connectivity index (χ4v) is 2.48. The fraction of sp³-hybridized carbons (Fsp3) is 0. The standard InChI is InChI=1S/C10H9N.C7H4ClNS/c11-10-7-3-5-8-4-1-2-6-9(8)10;8-6-1-5(4-9)2-7(10)3-6/h1-7H,11H2;1-3,10H. The summed E-state index contributed by atoms with van der Waals surface area (Å²) in [5.74, 6) is 0. The van der Waals surface area contributed by atoms with Crippen LogP contribution in [0.4, 0.5) is 5.69 Å². The van der Waals surface area contributed by atoms with E-state index in [2.05, 4.69) is 24.8 Å². The summed E-state index contributed by atoms with van der Waals surface area (Å²) in [6.07, 6.45) is 0. The Balaban J connectivity index is 0.000000155. The molecule has 0 saturated heterocycles. The van der Waals surface area contributed by atoms with Gasteiger partial charge in [0.05, 0.1) is 11.6 Å². The lowest BCUT2D eigenvalue weighted by Gasteiger charge is -1.98. The number of anilines is 1. The van der Waals surface area contributed by atoms with Gasteiger partial charge in [0.15, 0.2) is 0 Å². The van der Waals surface area contributed by atoms with Gasteiger partial charge in [-0.05, 0) is 29.7 Å². The first-order valence-electron chi connectivity index (χ1n) is 6.23. The lowest BCUT2D eigenvalue weighted by Crippen LogP contribution is -1.84. The fourth-order valence-electron chi connectivity index (χ4n) is 1.89. The number of hydrogen-bond donors (Lipinski definition) is 2. The van der Waals surface area contributed by atoms with Crippen LogP contribution in [0.15, 0.2) is 65.6 Å². The molecule has 2 N–H and O–H groups in total. The molecule has 3 aromatic rings. The van der Waals surface area contributed by atoms with Crippen molar-refractivity contribution in [2.45, 2.75) is 4.90 Å². The van der Waals surface area contributed by atoms with E-state index in [4.69, 9.17) is 22.6 Å². The van der Waals surface area contributed by atoms with Gasteiger partial charge in [-0.25, -0.2) is 0 Å². The number of fused-ring (bicyclic) bond motifs is 1. The maximum Gasteiger partial charge on any atom is 0.0992 e. The van der Waals surface area contributed by atoms with Crippen molar-refractivity contribution in [1.82, 2.24) is 0 Å². The predicted molar refractivity (Wildman–Crippen MR) is 91.8 cm³/mol. The molecule has 0 radical (unpaired) electrons. The second-order valence-corrected chi connectivity index (χ2v) is 5.33. The van der Waals surface area contributed by atoms with Gasteiger partial charge in [0.2, 0.25) is 0 Å². The maximum atomic E-state index is 8.44. The molecular formula is C17H13ClN2S. The molecule has 0 unspecified atom stereocenters. The van der Waals surface area contributed by atoms with E-state index in [0.29, 0.717) is 15.5 Å². The molecule has 0 aliphatic heterocycles. The van der Waals surface area contributed by atoms with Crippen LogP contribution in [0.5, 0.6) is 0 Å². The maximum absolute atomic E-state index is 8.44. The highest BCUT2D eigenvalue weighted by atomic mass is 35.5. The summed E-state index contributed by atoms with van der Waals surface area (Å²) >= 11 is 9.67. The van der Waals surface area contributed by atoms with Crippen molar-refractivity contribution in [3.05, 3.63) is 71.2 Å². The summed E-state index contributed by atoms with van der Waals surface area (Å²) in [6, 6.07) is 21.0. The monoisotopic (exact) mass is 312 g/mol. The molecule has 0 aliphatic carbocycles. The number of hydrogen-bond acceptors (Lipinski definition) is 3. The molecule has 0 aromatic heterocycles. The van der Waals surface area contributed by atoms with Crippen molar-refractivity contribution < 1.29 is 0 Å². The molecule has 0 fully saturated rings. The Labute approximate surface area is 134 Å². The molecule has 104 valence electrons. The van der Waals surface area contributed by atoms with E-state index in [0.717, 1.165) is 11.1 Å². The molecule has 4 heteroatoms. The minimum atomic E-state index is 0.539. The van der Waals surface area contributed by atoms with Crippen molar-refractivity contribution in [3.63, 3.8) is 0 Å². The van der Waals surface area contributed by atoms with E-state index >= 15 is 0 Å². The zero-order valence-corrected chi connectivity index (χ0v) is 12.8. The smallest absolute Gasteiger partial charge is 0.0992 e. The van der Waals surface area contributed by atoms with Crippen LogP contribution in [0.1, 0.15) is 5.56 Å². The summed E-state index contributed by atoms with van der Waals surface area (Å²) in [6.45, 7) is 0. The van der Waals surface area contributed by atoms with Gasteiger partial charge in [-0.1, -0.05) is 48.0 Å². The minimum Gasteiger partial charge on any atom is -0.398 e. The largest absolute Gasteiger partial charge is 0.398 e. The Bertz CT molecular complexity index is 784. The lowest BCUT2D eigenvalue weighted by atomic mass is 10.1. The van der Waals surface area contributed by atoms with E-state index in [1.54, 1.807) is 18.2 Å². The first-order valence-corrected chi connectivity index (χ1v) is 7.05. The second kappa shape index (κ2) is 7.03. The molecular weight excluding hydrogens is 300 g/mol. The number of nitrogen functional groups attached to an aromatic ring is 1. The van der Waals surface area contributed by atoms with E-state index in [9.17, 15) is 0 Å². The quantitative estimate of drug-likeness (QED) is 0.457. The van der Waals surface area contributed by atoms with Crippen LogP contribution in [0.2, 0.25) is 5.02 Å². The average molecular weight is 313 g/mol. The number of nitrogens with two attached hydrogens (primary N) is 1. The number of benzene rings is 3. The zero-order chi connectivity index (χ0) is 15.2. The molecule has 0 bridgehead atoms. The van der Waals surface area contributed by atoms with Crippen LogP contribution in [-0.2, 0) is 0 Å². The highest BCUT2D eigenvalue weighted by molar-refractivity contribution is 7.80. The average Bonchev–Trinajstić information content (AvgIpc) is 2.47. The predicted octanol–water partition coefficient (Wildman–Crippen LogP) is 4.92. The van der Waals surface area contributed by atoms with Crippen LogP contribution in [0, 0.1) is 11.3 Å². The number of rotatable bonds is 0. The summed E-state index contributed by atoms with van der Waals surface area (Å²) in [5.41, 5.74) is 7.15. The van der Waals surface area contributed by atoms with Crippen LogP contribution in [0.3, 0.4) is 0 Å². The number of nitrogens with zero attached hydrogens (tertiary/aromatic N) is 1. The van der Waals surface area contributed by atoms with Gasteiger partial charge < -0.3 is 5.73 Å². The van der Waals surface area contributed by atoms with E-state index in [-0.39, 0.29) is 0 Å². The van der Waals surface area contributed by atoms with Gasteiger partial charge in [0, 0.05) is 21.0 Å². The van der Waals surface area contributed by atoms with Crippen molar-refractivity contribution in [1.29, 1.82) is 5.26 Å². The van der Waals surface area contributed by atoms with Crippen LogP contribution in [-0.4, -0.2) is 0 Å². The summed E-state index contributed by atoms with van der Waals surface area (Å²) < 4.78 is 0. The summed E-state index contributed by atoms with van der Waals surface area (Å²) in [5, 5.41) is 11.3. The topological polar surface area (TPSA) is 49.8 Å². The number of halogens is 1. The Hall–Kier alpha value is -2.15. The van der Waals surface area contributed by atoms with Gasteiger partial charge >= 0.3 is 0 Å². The van der Waals surface area contributed by atoms with Gasteiger partial charge in [0.1, 0.15) is 0 Å². The highest BCUT2D eigenvalue weighted by Gasteiger charge is 1.94. The van der Waals surface area contributed by atoms with Crippen LogP contribution in [0.25, 0.3) is 10.8 Å². The first kappa shape index (κ1) is 15.2. The number of thiol groups is 1. The van der Waals surface area contributed by atoms with E-state index in [1.807, 2.05) is 36.4 Å². The highest BCUT2D eigenvalue weighted by Crippen LogP contribution is 2.19. The lowest BCUT2D eigenvalue weighted by molar-refractivity contribution is 1.41. The molecule has 0 aliphatic rings. The van der Waals surface area contributed by atoms with Crippen molar-refractivity contribution >= 4 is 40.7 Å². The Morgan fingerprint density at radius 2 is 1.71 bits per heavy atom. The Morgan fingerprint density at radius 1 is 1.00 bits per heavy atom. The van der Waals surface area contributed by atoms with Gasteiger partial charge in [-0.3, -0.25) is 0 Å². The number of nitriles is 1. The molecule has 0 amide bonds. The third-order valence-electron chi connectivity index (χ3n) is 2.84. The third kappa shape index (κ3) is 4.16. The van der Waals surface area contributed by atoms with Gasteiger partial charge in [0.25, 0.3) is 0 Å². The molecule has 2 nitrogen and oxygen atoms in total. The zero-order valence-electron chi connectivity index (χ0n) is 11.1. The third-order valence-corrected chi connectivity index (χ3v) is 3.31. The first-order chi connectivity index (χ1) is 10.1. The minimum absolute atomic E-state index is 0.539. The molecule has 21 heavy (non-hydrogen) atoms. The summed E-state index contributed by atoms with van der Waals surface area (Å²) in [7, 11) is 0. The van der Waals surface area contributed by atoms with E-state index < -0.39 is 0 Å². The molecule has 0 saturated carbocycles. The van der Waals surface area contributed by atoms with Crippen molar-refractivity contribution in [3.8, 4) is 6.07 Å². The van der Waals surface area contributed by atoms with Gasteiger partial charge in [-0.15, -0.1) is 12.6 Å². The van der Waals surface area contributed by atoms with Crippen LogP contribution < -0.4 is 5.73 Å². The Morgan fingerprint density at radius 3 is 2.38 bits per heavy atom. The molecule has 3 rings (SSSR count). The Kier molecular flexibility index (Phi) is 5.10. The van der Waals surface area contributed by atoms with Crippen molar-refractivity contribution in [2.75, 3.05) is 5.73 Å². The molecule has 0 spiro atoms. The van der Waals surface area contributed by atoms with Gasteiger partial charge in [-0.2, -0.15) is 5.26 Å². The summed E-state index contributed by atoms with van der Waals surface area (Å²) in [4.78, 5) is 0.712. The second-order valence-electron chi connectivity index (χ2n) is 4.38. The normalized spacial score (nSPS) is 9.57. The molecule has 0 atom stereocenters. The van der Waals surface area contributed by atoms with E-state index in [1.165, 1.54) is 5.39 Å².